The number of rotatable bonds is 2. The first-order valence-electron chi connectivity index (χ1n) is 9.07. The largest absolute Gasteiger partial charge is 0.369 e. The lowest BCUT2D eigenvalue weighted by Gasteiger charge is -2.46. The molecule has 1 aliphatic rings. The van der Waals surface area contributed by atoms with Gasteiger partial charge in [0.15, 0.2) is 11.2 Å². The Balaban J connectivity index is 1.98. The number of nitrogen functional groups attached to an aromatic ring is 1. The molecule has 1 fully saturated rings. The summed E-state index contributed by atoms with van der Waals surface area (Å²) in [6.45, 7) is 14.8. The van der Waals surface area contributed by atoms with Crippen LogP contribution in [0.4, 0.5) is 5.95 Å². The van der Waals surface area contributed by atoms with Crippen molar-refractivity contribution < 1.29 is 4.74 Å². The Morgan fingerprint density at radius 3 is 2.58 bits per heavy atom. The summed E-state index contributed by atoms with van der Waals surface area (Å²) in [5, 5.41) is 0. The maximum atomic E-state index is 12.1. The van der Waals surface area contributed by atoms with Gasteiger partial charge in [-0.2, -0.15) is 4.98 Å². The summed E-state index contributed by atoms with van der Waals surface area (Å²) in [7, 11) is 0. The second-order valence-electron chi connectivity index (χ2n) is 9.33. The number of aromatic amines is 1. The summed E-state index contributed by atoms with van der Waals surface area (Å²) in [5.74, 6) is 0.0824. The molecule has 3 rings (SSSR count). The van der Waals surface area contributed by atoms with Gasteiger partial charge in [-0.25, -0.2) is 4.98 Å². The fourth-order valence-electron chi connectivity index (χ4n) is 3.47. The minimum Gasteiger partial charge on any atom is -0.369 e. The summed E-state index contributed by atoms with van der Waals surface area (Å²) < 4.78 is 8.24. The van der Waals surface area contributed by atoms with Crippen molar-refractivity contribution in [1.29, 1.82) is 0 Å². The van der Waals surface area contributed by atoms with Gasteiger partial charge in [0.05, 0.1) is 12.4 Å². The number of nitrogens with one attached hydrogen (secondary N) is 1. The van der Waals surface area contributed by atoms with E-state index in [1.807, 2.05) is 4.57 Å². The maximum absolute atomic E-state index is 12.1. The number of morpholine rings is 1. The fraction of sp³-hybridized carbons (Fsp3) is 0.722. The first-order valence-corrected chi connectivity index (χ1v) is 9.07. The molecule has 8 heteroatoms. The van der Waals surface area contributed by atoms with Gasteiger partial charge in [-0.3, -0.25) is 19.2 Å². The van der Waals surface area contributed by atoms with E-state index in [4.69, 9.17) is 10.5 Å². The van der Waals surface area contributed by atoms with Crippen LogP contribution in [-0.2, 0) is 4.74 Å². The first-order chi connectivity index (χ1) is 11.9. The third kappa shape index (κ3) is 3.91. The van der Waals surface area contributed by atoms with Crippen molar-refractivity contribution in [2.75, 3.05) is 18.8 Å². The molecule has 1 aliphatic heterocycles. The number of imidazole rings is 1. The minimum absolute atomic E-state index is 0.0124. The Morgan fingerprint density at radius 1 is 1.27 bits per heavy atom. The highest BCUT2D eigenvalue weighted by Crippen LogP contribution is 2.32. The number of aromatic nitrogens is 4. The van der Waals surface area contributed by atoms with Crippen molar-refractivity contribution in [2.45, 2.75) is 65.8 Å². The van der Waals surface area contributed by atoms with Gasteiger partial charge >= 0.3 is 0 Å². The van der Waals surface area contributed by atoms with E-state index >= 15 is 0 Å². The molecule has 0 saturated carbocycles. The standard InChI is InChI=1S/C18H30N6O2/c1-17(2,3)7-11-8-23(18(4,5)6)9-12(26-11)24-10-20-13-14(24)21-16(19)22-15(13)25/h10-12H,7-9H2,1-6H3,(H3,19,21,22,25). The van der Waals surface area contributed by atoms with Crippen LogP contribution in [0.2, 0.25) is 0 Å². The molecule has 2 aromatic heterocycles. The van der Waals surface area contributed by atoms with Crippen LogP contribution in [0.5, 0.6) is 0 Å². The van der Waals surface area contributed by atoms with Crippen LogP contribution in [0.3, 0.4) is 0 Å². The van der Waals surface area contributed by atoms with Gasteiger partial charge in [-0.15, -0.1) is 0 Å². The van der Waals surface area contributed by atoms with E-state index in [9.17, 15) is 4.79 Å². The summed E-state index contributed by atoms with van der Waals surface area (Å²) in [6.07, 6.45) is 2.38. The first kappa shape index (κ1) is 18.8. The van der Waals surface area contributed by atoms with E-state index in [0.717, 1.165) is 13.0 Å². The lowest BCUT2D eigenvalue weighted by molar-refractivity contribution is -0.147. The van der Waals surface area contributed by atoms with Crippen LogP contribution in [0, 0.1) is 5.41 Å². The highest BCUT2D eigenvalue weighted by molar-refractivity contribution is 5.70. The number of nitrogens with zero attached hydrogens (tertiary/aromatic N) is 4. The molecular weight excluding hydrogens is 332 g/mol. The Hall–Kier alpha value is -1.93. The molecular formula is C18H30N6O2. The minimum atomic E-state index is -0.332. The van der Waals surface area contributed by atoms with Gasteiger partial charge in [-0.1, -0.05) is 20.8 Å². The van der Waals surface area contributed by atoms with Crippen molar-refractivity contribution in [3.8, 4) is 0 Å². The van der Waals surface area contributed by atoms with Gasteiger partial charge in [0, 0.05) is 18.6 Å². The zero-order valence-corrected chi connectivity index (χ0v) is 16.5. The summed E-state index contributed by atoms with van der Waals surface area (Å²) in [4.78, 5) is 25.5. The molecule has 3 heterocycles. The Morgan fingerprint density at radius 2 is 1.96 bits per heavy atom. The summed E-state index contributed by atoms with van der Waals surface area (Å²) >= 11 is 0. The Bertz CT molecular complexity index is 842. The third-order valence-corrected chi connectivity index (χ3v) is 4.70. The number of anilines is 1. The lowest BCUT2D eigenvalue weighted by atomic mass is 9.88. The molecule has 1 saturated heterocycles. The molecule has 0 radical (unpaired) electrons. The third-order valence-electron chi connectivity index (χ3n) is 4.70. The van der Waals surface area contributed by atoms with E-state index < -0.39 is 0 Å². The number of H-pyrrole nitrogens is 1. The molecule has 0 spiro atoms. The zero-order chi connectivity index (χ0) is 19.3. The van der Waals surface area contributed by atoms with Crippen LogP contribution in [0.1, 0.15) is 54.2 Å². The predicted octanol–water partition coefficient (Wildman–Crippen LogP) is 2.14. The molecule has 2 atom stereocenters. The van der Waals surface area contributed by atoms with E-state index in [0.29, 0.717) is 12.2 Å². The molecule has 3 N–H and O–H groups in total. The van der Waals surface area contributed by atoms with E-state index in [1.165, 1.54) is 0 Å². The van der Waals surface area contributed by atoms with Crippen LogP contribution in [0.25, 0.3) is 11.2 Å². The number of hydrogen-bond donors (Lipinski definition) is 2. The topological polar surface area (TPSA) is 102 Å². The number of fused-ring (bicyclic) bond motifs is 1. The number of hydrogen-bond acceptors (Lipinski definition) is 6. The van der Waals surface area contributed by atoms with Crippen LogP contribution in [0.15, 0.2) is 11.1 Å². The van der Waals surface area contributed by atoms with Crippen LogP contribution in [-0.4, -0.2) is 49.2 Å². The average molecular weight is 362 g/mol. The molecule has 26 heavy (non-hydrogen) atoms. The monoisotopic (exact) mass is 362 g/mol. The van der Waals surface area contributed by atoms with Gasteiger partial charge < -0.3 is 10.5 Å². The van der Waals surface area contributed by atoms with Gasteiger partial charge in [0.1, 0.15) is 6.23 Å². The molecule has 0 bridgehead atoms. The van der Waals surface area contributed by atoms with Gasteiger partial charge in [0.25, 0.3) is 5.56 Å². The highest BCUT2D eigenvalue weighted by Gasteiger charge is 2.36. The molecule has 2 aromatic rings. The number of nitrogens with two attached hydrogens (primary N) is 1. The predicted molar refractivity (Wildman–Crippen MR) is 102 cm³/mol. The smallest absolute Gasteiger partial charge is 0.280 e. The molecule has 2 unspecified atom stereocenters. The molecule has 144 valence electrons. The van der Waals surface area contributed by atoms with Crippen molar-refractivity contribution in [1.82, 2.24) is 24.4 Å². The average Bonchev–Trinajstić information content (AvgIpc) is 2.88. The normalized spacial score (nSPS) is 22.8. The van der Waals surface area contributed by atoms with Crippen LogP contribution >= 0.6 is 0 Å². The molecule has 0 aromatic carbocycles. The van der Waals surface area contributed by atoms with Crippen molar-refractivity contribution in [3.63, 3.8) is 0 Å². The Labute approximate surface area is 153 Å². The summed E-state index contributed by atoms with van der Waals surface area (Å²) in [5.41, 5.74) is 6.31. The van der Waals surface area contributed by atoms with Crippen molar-refractivity contribution in [2.24, 2.45) is 5.41 Å². The van der Waals surface area contributed by atoms with Gasteiger partial charge in [-0.05, 0) is 32.6 Å². The van der Waals surface area contributed by atoms with Gasteiger partial charge in [0.2, 0.25) is 5.95 Å². The SMILES string of the molecule is CC(C)(C)CC1CN(C(C)(C)C)CC(n2cnc3c(=O)[nH]c(N)nc32)O1. The molecule has 0 amide bonds. The van der Waals surface area contributed by atoms with Crippen molar-refractivity contribution >= 4 is 17.1 Å². The number of ether oxygens (including phenoxy) is 1. The Kier molecular flexibility index (Phi) is 4.60. The maximum Gasteiger partial charge on any atom is 0.280 e. The fourth-order valence-corrected chi connectivity index (χ4v) is 3.47. The highest BCUT2D eigenvalue weighted by atomic mass is 16.5. The lowest BCUT2D eigenvalue weighted by Crippen LogP contribution is -2.53. The molecule has 0 aliphatic carbocycles. The second kappa shape index (κ2) is 6.35. The zero-order valence-electron chi connectivity index (χ0n) is 16.5. The van der Waals surface area contributed by atoms with E-state index in [1.54, 1.807) is 6.33 Å². The van der Waals surface area contributed by atoms with E-state index in [-0.39, 0.29) is 40.3 Å². The van der Waals surface area contributed by atoms with Crippen LogP contribution < -0.4 is 11.3 Å². The van der Waals surface area contributed by atoms with Crippen molar-refractivity contribution in [3.05, 3.63) is 16.7 Å². The second-order valence-corrected chi connectivity index (χ2v) is 9.33. The van der Waals surface area contributed by atoms with E-state index in [2.05, 4.69) is 61.4 Å². The quantitative estimate of drug-likeness (QED) is 0.848. The summed E-state index contributed by atoms with van der Waals surface area (Å²) in [6, 6.07) is 0. The molecule has 8 nitrogen and oxygen atoms in total.